The summed E-state index contributed by atoms with van der Waals surface area (Å²) in [5.41, 5.74) is 3.45. The number of aryl methyl sites for hydroxylation is 1. The zero-order valence-corrected chi connectivity index (χ0v) is 27.2. The first-order valence-corrected chi connectivity index (χ1v) is 15.8. The molecule has 2 aromatic carbocycles. The number of nitrogens with one attached hydrogen (secondary N) is 3. The van der Waals surface area contributed by atoms with Crippen LogP contribution in [0.2, 0.25) is 10.0 Å². The highest BCUT2D eigenvalue weighted by Crippen LogP contribution is 2.38. The third-order valence-corrected chi connectivity index (χ3v) is 9.25. The van der Waals surface area contributed by atoms with Crippen LogP contribution < -0.4 is 20.9 Å². The molecule has 2 aromatic heterocycles. The van der Waals surface area contributed by atoms with Crippen molar-refractivity contribution < 1.29 is 13.6 Å². The predicted molar refractivity (Wildman–Crippen MR) is 174 cm³/mol. The number of anilines is 3. The molecule has 0 radical (unpaired) electrons. The van der Waals surface area contributed by atoms with Crippen LogP contribution in [0, 0.1) is 5.41 Å². The summed E-state index contributed by atoms with van der Waals surface area (Å²) in [6, 6.07) is 10.7. The van der Waals surface area contributed by atoms with Gasteiger partial charge >= 0.3 is 0 Å². The average Bonchev–Trinajstić information content (AvgIpc) is 3.66. The summed E-state index contributed by atoms with van der Waals surface area (Å²) >= 11 is 14.9. The fourth-order valence-electron chi connectivity index (χ4n) is 5.14. The van der Waals surface area contributed by atoms with Crippen LogP contribution in [0.25, 0.3) is 11.0 Å². The maximum atomic E-state index is 14.3. The molecule has 1 amide bonds. The number of carbonyl (C=O) groups excluding carboxylic acids is 1. The molecule has 0 spiro atoms. The summed E-state index contributed by atoms with van der Waals surface area (Å²) in [5, 5.41) is 12.6. The van der Waals surface area contributed by atoms with E-state index in [-0.39, 0.29) is 30.3 Å². The normalized spacial score (nSPS) is 15.7. The van der Waals surface area contributed by atoms with Crippen molar-refractivity contribution in [2.24, 2.45) is 12.5 Å². The third kappa shape index (κ3) is 7.09. The van der Waals surface area contributed by atoms with E-state index in [1.165, 1.54) is 0 Å². The fourth-order valence-corrected chi connectivity index (χ4v) is 6.40. The summed E-state index contributed by atoms with van der Waals surface area (Å²) in [4.78, 5) is 20.9. The van der Waals surface area contributed by atoms with Gasteiger partial charge < -0.3 is 25.4 Å². The van der Waals surface area contributed by atoms with E-state index in [0.29, 0.717) is 50.5 Å². The number of aromatic nitrogens is 2. The molecule has 1 unspecified atom stereocenters. The smallest absolute Gasteiger partial charge is 0.266 e. The zero-order chi connectivity index (χ0) is 31.1. The average molecular weight is 650 g/mol. The molecule has 0 bridgehead atoms. The van der Waals surface area contributed by atoms with Crippen molar-refractivity contribution in [3.05, 3.63) is 67.8 Å². The Bertz CT molecular complexity index is 1630. The first kappa shape index (κ1) is 31.5. The Balaban J connectivity index is 1.49. The van der Waals surface area contributed by atoms with Gasteiger partial charge in [-0.3, -0.25) is 4.79 Å². The van der Waals surface area contributed by atoms with Crippen LogP contribution in [0.1, 0.15) is 61.0 Å². The van der Waals surface area contributed by atoms with Crippen molar-refractivity contribution in [1.82, 2.24) is 20.2 Å². The number of carbonyl (C=O) groups is 1. The quantitative estimate of drug-likeness (QED) is 0.171. The summed E-state index contributed by atoms with van der Waals surface area (Å²) in [5.74, 6) is -2.73. The highest BCUT2D eigenvalue weighted by atomic mass is 35.5. The number of rotatable bonds is 9. The maximum absolute atomic E-state index is 14.3. The van der Waals surface area contributed by atoms with Crippen molar-refractivity contribution in [1.29, 1.82) is 0 Å². The molecule has 230 valence electrons. The molecule has 1 aliphatic heterocycles. The van der Waals surface area contributed by atoms with E-state index >= 15 is 0 Å². The number of hydrogen-bond acceptors (Lipinski definition) is 6. The summed E-state index contributed by atoms with van der Waals surface area (Å²) in [6.07, 6.45) is -0.270. The predicted octanol–water partition coefficient (Wildman–Crippen LogP) is 8.16. The van der Waals surface area contributed by atoms with E-state index < -0.39 is 12.5 Å². The molecular weight excluding hydrogens is 613 g/mol. The van der Waals surface area contributed by atoms with Crippen LogP contribution in [0.3, 0.4) is 0 Å². The number of fused-ring (bicyclic) bond motifs is 1. The van der Waals surface area contributed by atoms with Gasteiger partial charge in [0.05, 0.1) is 50.6 Å². The van der Waals surface area contributed by atoms with E-state index in [0.717, 1.165) is 17.0 Å². The maximum Gasteiger partial charge on any atom is 0.266 e. The SMILES string of the molecule is CC(NC(=O)c1cc2nc(Nc3c(Cl)ccc(CNCC(C)(C)C)c3Cl)n(C)c2cc1N1CCC(F)(F)C1)c1cccs1. The molecule has 4 aromatic rings. The number of amides is 1. The molecule has 5 rings (SSSR count). The van der Waals surface area contributed by atoms with Crippen LogP contribution in [-0.2, 0) is 13.6 Å². The molecule has 1 aliphatic rings. The van der Waals surface area contributed by atoms with Gasteiger partial charge in [0.1, 0.15) is 0 Å². The Kier molecular flexibility index (Phi) is 8.96. The number of halogens is 4. The fraction of sp³-hybridized carbons (Fsp3) is 0.419. The number of alkyl halides is 2. The van der Waals surface area contributed by atoms with Gasteiger partial charge in [-0.05, 0) is 47.5 Å². The van der Waals surface area contributed by atoms with E-state index in [9.17, 15) is 13.6 Å². The molecule has 1 saturated heterocycles. The summed E-state index contributed by atoms with van der Waals surface area (Å²) in [7, 11) is 1.81. The lowest BCUT2D eigenvalue weighted by atomic mass is 9.97. The molecule has 3 heterocycles. The monoisotopic (exact) mass is 648 g/mol. The Labute approximate surface area is 264 Å². The van der Waals surface area contributed by atoms with Crippen molar-refractivity contribution in [3.63, 3.8) is 0 Å². The molecule has 0 saturated carbocycles. The van der Waals surface area contributed by atoms with Gasteiger partial charge in [0.15, 0.2) is 0 Å². The van der Waals surface area contributed by atoms with Crippen molar-refractivity contribution >= 4 is 68.8 Å². The van der Waals surface area contributed by atoms with Gasteiger partial charge in [0.25, 0.3) is 11.8 Å². The van der Waals surface area contributed by atoms with Crippen LogP contribution in [-0.4, -0.2) is 41.0 Å². The van der Waals surface area contributed by atoms with E-state index in [2.05, 4.69) is 36.7 Å². The first-order chi connectivity index (χ1) is 20.2. The second-order valence-electron chi connectivity index (χ2n) is 12.3. The molecule has 7 nitrogen and oxygen atoms in total. The molecule has 1 atom stereocenters. The molecule has 1 fully saturated rings. The highest BCUT2D eigenvalue weighted by Gasteiger charge is 2.39. The Morgan fingerprint density at radius 2 is 1.98 bits per heavy atom. The van der Waals surface area contributed by atoms with Gasteiger partial charge in [-0.15, -0.1) is 11.3 Å². The molecule has 3 N–H and O–H groups in total. The van der Waals surface area contributed by atoms with Gasteiger partial charge in [-0.1, -0.05) is 56.1 Å². The van der Waals surface area contributed by atoms with Crippen LogP contribution in [0.4, 0.5) is 26.1 Å². The Morgan fingerprint density at radius 1 is 1.21 bits per heavy atom. The topological polar surface area (TPSA) is 74.2 Å². The number of imidazole rings is 1. The van der Waals surface area contributed by atoms with E-state index in [1.807, 2.05) is 37.6 Å². The third-order valence-electron chi connectivity index (χ3n) is 7.45. The summed E-state index contributed by atoms with van der Waals surface area (Å²) in [6.45, 7) is 9.43. The highest BCUT2D eigenvalue weighted by molar-refractivity contribution is 7.10. The largest absolute Gasteiger partial charge is 0.365 e. The molecular formula is C31H36Cl2F2N6OS. The standard InChI is InChI=1S/C31H36Cl2F2N6OS/c1-18(25-7-6-12-43-25)37-28(42)20-13-22-24(14-23(20)41-11-10-31(34,35)17-41)40(5)29(38-22)39-27-21(32)9-8-19(26(27)33)15-36-16-30(2,3)4/h6-9,12-14,18,36H,10-11,15-17H2,1-5H3,(H,37,42)(H,38,39). The number of hydrogen-bond donors (Lipinski definition) is 3. The van der Waals surface area contributed by atoms with Crippen LogP contribution in [0.5, 0.6) is 0 Å². The molecule has 43 heavy (non-hydrogen) atoms. The second kappa shape index (κ2) is 12.2. The van der Waals surface area contributed by atoms with Gasteiger partial charge in [-0.2, -0.15) is 0 Å². The second-order valence-corrected chi connectivity index (χ2v) is 14.0. The van der Waals surface area contributed by atoms with E-state index in [1.54, 1.807) is 39.0 Å². The van der Waals surface area contributed by atoms with Crippen molar-refractivity contribution in [2.45, 2.75) is 52.6 Å². The molecule has 12 heteroatoms. The van der Waals surface area contributed by atoms with Gasteiger partial charge in [-0.25, -0.2) is 13.8 Å². The lowest BCUT2D eigenvalue weighted by molar-refractivity contribution is 0.0257. The van der Waals surface area contributed by atoms with Gasteiger partial charge in [0, 0.05) is 38.0 Å². The minimum Gasteiger partial charge on any atom is -0.365 e. The Morgan fingerprint density at radius 3 is 2.63 bits per heavy atom. The number of benzene rings is 2. The first-order valence-electron chi connectivity index (χ1n) is 14.1. The zero-order valence-electron chi connectivity index (χ0n) is 24.8. The molecule has 0 aliphatic carbocycles. The lowest BCUT2D eigenvalue weighted by Gasteiger charge is -2.22. The van der Waals surface area contributed by atoms with Crippen molar-refractivity contribution in [2.75, 3.05) is 29.9 Å². The number of nitrogens with zero attached hydrogens (tertiary/aromatic N) is 3. The van der Waals surface area contributed by atoms with E-state index in [4.69, 9.17) is 28.2 Å². The minimum absolute atomic E-state index is 0.120. The van der Waals surface area contributed by atoms with Crippen molar-refractivity contribution in [3.8, 4) is 0 Å². The lowest BCUT2D eigenvalue weighted by Crippen LogP contribution is -2.30. The van der Waals surface area contributed by atoms with Crippen LogP contribution in [0.15, 0.2) is 41.8 Å². The Hall–Kier alpha value is -2.92. The minimum atomic E-state index is -2.83. The number of thiophene rings is 1. The van der Waals surface area contributed by atoms with Crippen LogP contribution >= 0.6 is 34.5 Å². The summed E-state index contributed by atoms with van der Waals surface area (Å²) < 4.78 is 30.4. The van der Waals surface area contributed by atoms with Gasteiger partial charge in [0.2, 0.25) is 5.95 Å².